The van der Waals surface area contributed by atoms with Crippen LogP contribution in [0.5, 0.6) is 0 Å². The number of anilines is 1. The first-order valence-corrected chi connectivity index (χ1v) is 8.14. The minimum atomic E-state index is -3.55. The maximum absolute atomic E-state index is 11.8. The fourth-order valence-electron chi connectivity index (χ4n) is 1.16. The van der Waals surface area contributed by atoms with Crippen LogP contribution in [0, 0.1) is 0 Å². The Labute approximate surface area is 103 Å². The van der Waals surface area contributed by atoms with Gasteiger partial charge in [0.25, 0.3) is 0 Å². The molecule has 1 rings (SSSR count). The number of nitrogen functional groups attached to an aromatic ring is 1. The number of hydrogen-bond donors (Lipinski definition) is 2. The molecule has 0 aromatic carbocycles. The highest BCUT2D eigenvalue weighted by atomic mass is 32.2. The van der Waals surface area contributed by atoms with Crippen molar-refractivity contribution in [1.29, 1.82) is 0 Å². The number of nitrogens with two attached hydrogens (primary N) is 1. The topological polar surface area (TPSA) is 102 Å². The van der Waals surface area contributed by atoms with Crippen LogP contribution in [0.1, 0.15) is 6.42 Å². The van der Waals surface area contributed by atoms with Crippen LogP contribution < -0.4 is 10.5 Å². The standard InChI is InChI=1S/C9H15N3O3S2/c1-16(13)6-2-4-12-17(14,15)8-3-5-11-9(10)7-8/h3,5,7,12H,2,4,6H2,1H3,(H2,10,11). The third kappa shape index (κ3) is 4.80. The highest BCUT2D eigenvalue weighted by Gasteiger charge is 2.13. The number of pyridine rings is 1. The summed E-state index contributed by atoms with van der Waals surface area (Å²) < 4.78 is 36.7. The SMILES string of the molecule is CS(=O)CCCNS(=O)(=O)c1ccnc(N)c1. The van der Waals surface area contributed by atoms with Gasteiger partial charge < -0.3 is 5.73 Å². The van der Waals surface area contributed by atoms with Crippen molar-refractivity contribution >= 4 is 26.6 Å². The molecule has 0 saturated carbocycles. The van der Waals surface area contributed by atoms with Crippen LogP contribution >= 0.6 is 0 Å². The highest BCUT2D eigenvalue weighted by Crippen LogP contribution is 2.09. The molecule has 8 heteroatoms. The first-order valence-electron chi connectivity index (χ1n) is 4.93. The quantitative estimate of drug-likeness (QED) is 0.696. The molecule has 0 amide bonds. The first kappa shape index (κ1) is 14.1. The maximum Gasteiger partial charge on any atom is 0.240 e. The van der Waals surface area contributed by atoms with Crippen LogP contribution in [0.2, 0.25) is 0 Å². The Morgan fingerprint density at radius 3 is 2.82 bits per heavy atom. The van der Waals surface area contributed by atoms with Crippen LogP contribution in [-0.2, 0) is 20.8 Å². The van der Waals surface area contributed by atoms with Gasteiger partial charge in [-0.3, -0.25) is 4.21 Å². The van der Waals surface area contributed by atoms with Crippen molar-refractivity contribution in [2.45, 2.75) is 11.3 Å². The summed E-state index contributed by atoms with van der Waals surface area (Å²) in [6.07, 6.45) is 3.45. The molecule has 3 N–H and O–H groups in total. The Balaban J connectivity index is 2.60. The molecule has 0 spiro atoms. The van der Waals surface area contributed by atoms with Gasteiger partial charge in [-0.2, -0.15) is 0 Å². The number of hydrogen-bond acceptors (Lipinski definition) is 5. The molecule has 1 unspecified atom stereocenters. The van der Waals surface area contributed by atoms with Crippen molar-refractivity contribution in [3.8, 4) is 0 Å². The van der Waals surface area contributed by atoms with E-state index < -0.39 is 20.8 Å². The van der Waals surface area contributed by atoms with Gasteiger partial charge in [0.15, 0.2) is 0 Å². The van der Waals surface area contributed by atoms with Gasteiger partial charge in [0.05, 0.1) is 4.90 Å². The smallest absolute Gasteiger partial charge is 0.240 e. The second kappa shape index (κ2) is 6.08. The molecule has 17 heavy (non-hydrogen) atoms. The molecule has 1 aromatic heterocycles. The summed E-state index contributed by atoms with van der Waals surface area (Å²) in [5.41, 5.74) is 5.41. The molecule has 0 bridgehead atoms. The van der Waals surface area contributed by atoms with E-state index in [2.05, 4.69) is 9.71 Å². The summed E-state index contributed by atoms with van der Waals surface area (Å²) in [6, 6.07) is 2.66. The van der Waals surface area contributed by atoms with Gasteiger partial charge in [-0.15, -0.1) is 0 Å². The number of aromatic nitrogens is 1. The zero-order chi connectivity index (χ0) is 12.9. The Kier molecular flexibility index (Phi) is 5.03. The number of rotatable bonds is 6. The van der Waals surface area contributed by atoms with E-state index in [0.29, 0.717) is 12.2 Å². The Morgan fingerprint density at radius 2 is 2.24 bits per heavy atom. The van der Waals surface area contributed by atoms with Crippen LogP contribution in [0.25, 0.3) is 0 Å². The minimum Gasteiger partial charge on any atom is -0.384 e. The predicted octanol–water partition coefficient (Wildman–Crippen LogP) is -0.289. The molecule has 0 radical (unpaired) electrons. The van der Waals surface area contributed by atoms with Crippen LogP contribution in [0.15, 0.2) is 23.2 Å². The predicted molar refractivity (Wildman–Crippen MR) is 67.4 cm³/mol. The van der Waals surface area contributed by atoms with E-state index in [1.807, 2.05) is 0 Å². The van der Waals surface area contributed by atoms with Gasteiger partial charge in [-0.1, -0.05) is 0 Å². The van der Waals surface area contributed by atoms with Gasteiger partial charge in [0, 0.05) is 41.6 Å². The molecule has 1 atom stereocenters. The lowest BCUT2D eigenvalue weighted by Gasteiger charge is -2.06. The molecule has 0 aliphatic rings. The fraction of sp³-hybridized carbons (Fsp3) is 0.444. The average Bonchev–Trinajstić information content (AvgIpc) is 2.24. The van der Waals surface area contributed by atoms with Gasteiger partial charge in [0.2, 0.25) is 10.0 Å². The Morgan fingerprint density at radius 1 is 1.53 bits per heavy atom. The van der Waals surface area contributed by atoms with E-state index in [1.165, 1.54) is 18.3 Å². The molecular formula is C9H15N3O3S2. The van der Waals surface area contributed by atoms with Gasteiger partial charge in [0.1, 0.15) is 5.82 Å². The van der Waals surface area contributed by atoms with Crippen LogP contribution in [0.4, 0.5) is 5.82 Å². The van der Waals surface area contributed by atoms with Crippen molar-refractivity contribution in [2.24, 2.45) is 0 Å². The maximum atomic E-state index is 11.8. The van der Waals surface area contributed by atoms with Gasteiger partial charge in [-0.25, -0.2) is 18.1 Å². The lowest BCUT2D eigenvalue weighted by molar-refractivity contribution is 0.580. The van der Waals surface area contributed by atoms with Gasteiger partial charge in [-0.05, 0) is 12.5 Å². The summed E-state index contributed by atoms with van der Waals surface area (Å²) in [5.74, 6) is 0.628. The summed E-state index contributed by atoms with van der Waals surface area (Å²) >= 11 is 0. The number of nitrogens with one attached hydrogen (secondary N) is 1. The molecule has 0 saturated heterocycles. The van der Waals surface area contributed by atoms with Crippen molar-refractivity contribution in [1.82, 2.24) is 9.71 Å². The monoisotopic (exact) mass is 277 g/mol. The van der Waals surface area contributed by atoms with Crippen LogP contribution in [0.3, 0.4) is 0 Å². The molecule has 6 nitrogen and oxygen atoms in total. The molecule has 0 fully saturated rings. The lowest BCUT2D eigenvalue weighted by atomic mass is 10.5. The van der Waals surface area contributed by atoms with Crippen molar-refractivity contribution in [3.63, 3.8) is 0 Å². The molecular weight excluding hydrogens is 262 g/mol. The van der Waals surface area contributed by atoms with E-state index in [4.69, 9.17) is 5.73 Å². The first-order chi connectivity index (χ1) is 7.92. The number of nitrogens with zero attached hydrogens (tertiary/aromatic N) is 1. The highest BCUT2D eigenvalue weighted by molar-refractivity contribution is 7.89. The summed E-state index contributed by atoms with van der Waals surface area (Å²) in [5, 5.41) is 0. The zero-order valence-corrected chi connectivity index (χ0v) is 11.1. The van der Waals surface area contributed by atoms with Crippen molar-refractivity contribution < 1.29 is 12.6 Å². The molecule has 1 heterocycles. The van der Waals surface area contributed by atoms with E-state index in [0.717, 1.165) is 0 Å². The zero-order valence-electron chi connectivity index (χ0n) is 9.42. The second-order valence-electron chi connectivity index (χ2n) is 3.45. The van der Waals surface area contributed by atoms with E-state index in [1.54, 1.807) is 6.26 Å². The third-order valence-corrected chi connectivity index (χ3v) is 4.29. The largest absolute Gasteiger partial charge is 0.384 e. The summed E-state index contributed by atoms with van der Waals surface area (Å²) in [6.45, 7) is 0.254. The Hall–Kier alpha value is -0.990. The average molecular weight is 277 g/mol. The van der Waals surface area contributed by atoms with Crippen LogP contribution in [-0.4, -0.2) is 36.2 Å². The van der Waals surface area contributed by atoms with Crippen molar-refractivity contribution in [2.75, 3.05) is 24.3 Å². The lowest BCUT2D eigenvalue weighted by Crippen LogP contribution is -2.25. The van der Waals surface area contributed by atoms with E-state index >= 15 is 0 Å². The van der Waals surface area contributed by atoms with E-state index in [-0.39, 0.29) is 17.3 Å². The summed E-state index contributed by atoms with van der Waals surface area (Å²) in [4.78, 5) is 3.80. The van der Waals surface area contributed by atoms with Crippen molar-refractivity contribution in [3.05, 3.63) is 18.3 Å². The molecule has 0 aliphatic carbocycles. The summed E-state index contributed by atoms with van der Waals surface area (Å²) in [7, 11) is -4.46. The second-order valence-corrected chi connectivity index (χ2v) is 6.77. The third-order valence-electron chi connectivity index (χ3n) is 1.96. The molecule has 1 aromatic rings. The number of sulfonamides is 1. The molecule has 0 aliphatic heterocycles. The van der Waals surface area contributed by atoms with E-state index in [9.17, 15) is 12.6 Å². The minimum absolute atomic E-state index is 0.0858. The Bertz CT molecular complexity index is 502. The normalized spacial score (nSPS) is 13.5. The fourth-order valence-corrected chi connectivity index (χ4v) is 2.81. The van der Waals surface area contributed by atoms with Gasteiger partial charge >= 0.3 is 0 Å². The molecule has 96 valence electrons.